The molecule has 0 radical (unpaired) electrons. The summed E-state index contributed by atoms with van der Waals surface area (Å²) < 4.78 is 2.03. The average molecular weight is 360 g/mol. The molecule has 0 aliphatic heterocycles. The largest absolute Gasteiger partial charge is 0.361 e. The zero-order valence-electron chi connectivity index (χ0n) is 14.7. The van der Waals surface area contributed by atoms with Crippen molar-refractivity contribution >= 4 is 33.6 Å². The molecule has 6 nitrogen and oxygen atoms in total. The van der Waals surface area contributed by atoms with E-state index in [9.17, 15) is 9.59 Å². The number of amides is 2. The highest BCUT2D eigenvalue weighted by molar-refractivity contribution is 5.89. The molecule has 0 saturated carbocycles. The van der Waals surface area contributed by atoms with Crippen molar-refractivity contribution in [1.29, 1.82) is 0 Å². The first-order chi connectivity index (χ1) is 13.2. The van der Waals surface area contributed by atoms with Gasteiger partial charge in [-0.1, -0.05) is 36.4 Å². The molecule has 136 valence electrons. The van der Waals surface area contributed by atoms with E-state index in [1.165, 1.54) is 0 Å². The summed E-state index contributed by atoms with van der Waals surface area (Å²) >= 11 is 0. The van der Waals surface area contributed by atoms with Gasteiger partial charge in [0.25, 0.3) is 0 Å². The van der Waals surface area contributed by atoms with Crippen LogP contribution >= 0.6 is 0 Å². The second-order valence-corrected chi connectivity index (χ2v) is 6.45. The molecule has 2 heterocycles. The van der Waals surface area contributed by atoms with Crippen LogP contribution in [0.15, 0.2) is 67.0 Å². The molecular weight excluding hydrogens is 340 g/mol. The molecule has 2 amide bonds. The standard InChI is InChI=1S/C21H20N4O2/c26-20(10-12-25-11-9-15-5-1-4-8-19(15)25)23-24-21(27)13-16-14-22-18-7-3-2-6-17(16)18/h1-9,11,14,22H,10,12-13H2,(H,23,26)(H,24,27). The number of rotatable bonds is 5. The van der Waals surface area contributed by atoms with Gasteiger partial charge in [-0.15, -0.1) is 0 Å². The van der Waals surface area contributed by atoms with Gasteiger partial charge >= 0.3 is 0 Å². The molecule has 0 saturated heterocycles. The van der Waals surface area contributed by atoms with E-state index in [2.05, 4.69) is 15.8 Å². The number of para-hydroxylation sites is 2. The number of hydrazine groups is 1. The monoisotopic (exact) mass is 360 g/mol. The Morgan fingerprint density at radius 2 is 1.70 bits per heavy atom. The summed E-state index contributed by atoms with van der Waals surface area (Å²) in [7, 11) is 0. The lowest BCUT2D eigenvalue weighted by Crippen LogP contribution is -2.42. The summed E-state index contributed by atoms with van der Waals surface area (Å²) in [4.78, 5) is 27.3. The van der Waals surface area contributed by atoms with Crippen molar-refractivity contribution in [1.82, 2.24) is 20.4 Å². The van der Waals surface area contributed by atoms with Crippen LogP contribution < -0.4 is 10.9 Å². The number of benzene rings is 2. The van der Waals surface area contributed by atoms with Gasteiger partial charge < -0.3 is 9.55 Å². The van der Waals surface area contributed by atoms with Crippen LogP contribution in [0.3, 0.4) is 0 Å². The summed E-state index contributed by atoms with van der Waals surface area (Å²) in [6.07, 6.45) is 4.27. The van der Waals surface area contributed by atoms with Crippen molar-refractivity contribution in [3.05, 3.63) is 72.6 Å². The van der Waals surface area contributed by atoms with Gasteiger partial charge in [-0.3, -0.25) is 20.4 Å². The lowest BCUT2D eigenvalue weighted by molar-refractivity contribution is -0.128. The van der Waals surface area contributed by atoms with Crippen LogP contribution in [0.2, 0.25) is 0 Å². The molecule has 0 fully saturated rings. The Kier molecular flexibility index (Phi) is 4.61. The normalized spacial score (nSPS) is 11.0. The number of hydrogen-bond donors (Lipinski definition) is 3. The number of aromatic nitrogens is 2. The quantitative estimate of drug-likeness (QED) is 0.479. The molecule has 3 N–H and O–H groups in total. The zero-order valence-corrected chi connectivity index (χ0v) is 14.7. The van der Waals surface area contributed by atoms with Gasteiger partial charge in [0.15, 0.2) is 0 Å². The van der Waals surface area contributed by atoms with Gasteiger partial charge in [0.2, 0.25) is 11.8 Å². The average Bonchev–Trinajstić information content (AvgIpc) is 3.29. The smallest absolute Gasteiger partial charge is 0.242 e. The third-order valence-electron chi connectivity index (χ3n) is 4.63. The van der Waals surface area contributed by atoms with Crippen LogP contribution in [0.5, 0.6) is 0 Å². The fraction of sp³-hybridized carbons (Fsp3) is 0.143. The van der Waals surface area contributed by atoms with E-state index in [0.717, 1.165) is 27.4 Å². The molecule has 4 rings (SSSR count). The Bertz CT molecular complexity index is 1110. The fourth-order valence-electron chi connectivity index (χ4n) is 3.25. The highest BCUT2D eigenvalue weighted by Gasteiger charge is 2.10. The number of fused-ring (bicyclic) bond motifs is 2. The number of aromatic amines is 1. The van der Waals surface area contributed by atoms with Crippen molar-refractivity contribution in [3.8, 4) is 0 Å². The van der Waals surface area contributed by atoms with Crippen molar-refractivity contribution in [2.24, 2.45) is 0 Å². The second kappa shape index (κ2) is 7.37. The number of aryl methyl sites for hydroxylation is 1. The third-order valence-corrected chi connectivity index (χ3v) is 4.63. The third kappa shape index (κ3) is 3.69. The minimum Gasteiger partial charge on any atom is -0.361 e. The summed E-state index contributed by atoms with van der Waals surface area (Å²) in [6, 6.07) is 17.9. The summed E-state index contributed by atoms with van der Waals surface area (Å²) in [6.45, 7) is 0.553. The van der Waals surface area contributed by atoms with Gasteiger partial charge in [0.05, 0.1) is 6.42 Å². The molecule has 0 bridgehead atoms. The van der Waals surface area contributed by atoms with E-state index in [4.69, 9.17) is 0 Å². The first kappa shape index (κ1) is 16.9. The van der Waals surface area contributed by atoms with E-state index in [1.54, 1.807) is 0 Å². The van der Waals surface area contributed by atoms with Gasteiger partial charge in [-0.2, -0.15) is 0 Å². The molecule has 27 heavy (non-hydrogen) atoms. The Hall–Kier alpha value is -3.54. The molecule has 4 aromatic rings. The Morgan fingerprint density at radius 1 is 0.926 bits per heavy atom. The first-order valence-corrected chi connectivity index (χ1v) is 8.87. The van der Waals surface area contributed by atoms with Crippen molar-refractivity contribution in [3.63, 3.8) is 0 Å². The molecule has 0 spiro atoms. The van der Waals surface area contributed by atoms with E-state index >= 15 is 0 Å². The lowest BCUT2D eigenvalue weighted by atomic mass is 10.1. The van der Waals surface area contributed by atoms with Crippen LogP contribution in [0.4, 0.5) is 0 Å². The first-order valence-electron chi connectivity index (χ1n) is 8.87. The van der Waals surface area contributed by atoms with Crippen LogP contribution in [0.1, 0.15) is 12.0 Å². The molecule has 0 aliphatic rings. The number of nitrogens with one attached hydrogen (secondary N) is 3. The molecule has 6 heteroatoms. The molecule has 0 aliphatic carbocycles. The van der Waals surface area contributed by atoms with Crippen LogP contribution in [0.25, 0.3) is 21.8 Å². The van der Waals surface area contributed by atoms with Gasteiger partial charge in [0, 0.05) is 41.8 Å². The topological polar surface area (TPSA) is 78.9 Å². The molecule has 0 atom stereocenters. The minimum absolute atomic E-state index is 0.201. The van der Waals surface area contributed by atoms with E-state index in [-0.39, 0.29) is 24.7 Å². The van der Waals surface area contributed by atoms with Crippen molar-refractivity contribution < 1.29 is 9.59 Å². The number of hydrogen-bond acceptors (Lipinski definition) is 2. The number of H-pyrrole nitrogens is 1. The van der Waals surface area contributed by atoms with E-state index in [0.29, 0.717) is 6.54 Å². The Labute approximate surface area is 156 Å². The summed E-state index contributed by atoms with van der Waals surface area (Å²) in [5.74, 6) is -0.473. The minimum atomic E-state index is -0.250. The number of nitrogens with zero attached hydrogens (tertiary/aromatic N) is 1. The molecule has 0 unspecified atom stereocenters. The maximum atomic E-state index is 12.1. The number of carbonyl (C=O) groups excluding carboxylic acids is 2. The highest BCUT2D eigenvalue weighted by atomic mass is 16.2. The van der Waals surface area contributed by atoms with Crippen molar-refractivity contribution in [2.75, 3.05) is 0 Å². The molecule has 2 aromatic heterocycles. The zero-order chi connectivity index (χ0) is 18.6. The van der Waals surface area contributed by atoms with Gasteiger partial charge in [-0.25, -0.2) is 0 Å². The van der Waals surface area contributed by atoms with Crippen LogP contribution in [-0.2, 0) is 22.6 Å². The Balaban J connectivity index is 1.28. The van der Waals surface area contributed by atoms with Gasteiger partial charge in [-0.05, 0) is 29.1 Å². The van der Waals surface area contributed by atoms with Crippen LogP contribution in [0, 0.1) is 0 Å². The maximum Gasteiger partial charge on any atom is 0.242 e. The Morgan fingerprint density at radius 3 is 2.63 bits per heavy atom. The van der Waals surface area contributed by atoms with Gasteiger partial charge in [0.1, 0.15) is 0 Å². The van der Waals surface area contributed by atoms with E-state index < -0.39 is 0 Å². The summed E-state index contributed by atoms with van der Waals surface area (Å²) in [5, 5.41) is 2.16. The predicted molar refractivity (Wildman–Crippen MR) is 105 cm³/mol. The molecular formula is C21H20N4O2. The molecule has 2 aromatic carbocycles. The van der Waals surface area contributed by atoms with Crippen molar-refractivity contribution in [2.45, 2.75) is 19.4 Å². The van der Waals surface area contributed by atoms with Crippen LogP contribution in [-0.4, -0.2) is 21.4 Å². The predicted octanol–water partition coefficient (Wildman–Crippen LogP) is 2.90. The lowest BCUT2D eigenvalue weighted by Gasteiger charge is -2.08. The van der Waals surface area contributed by atoms with E-state index in [1.807, 2.05) is 71.6 Å². The second-order valence-electron chi connectivity index (χ2n) is 6.45. The number of carbonyl (C=O) groups is 2. The highest BCUT2D eigenvalue weighted by Crippen LogP contribution is 2.18. The summed E-state index contributed by atoms with van der Waals surface area (Å²) in [5.41, 5.74) is 7.96. The maximum absolute atomic E-state index is 12.1. The fourth-order valence-corrected chi connectivity index (χ4v) is 3.25. The SMILES string of the molecule is O=C(CCn1ccc2ccccc21)NNC(=O)Cc1c[nH]c2ccccc12.